The Morgan fingerprint density at radius 2 is 1.78 bits per heavy atom. The van der Waals surface area contributed by atoms with E-state index in [4.69, 9.17) is 0 Å². The fourth-order valence-electron chi connectivity index (χ4n) is 2.26. The van der Waals surface area contributed by atoms with E-state index in [0.717, 1.165) is 39.3 Å². The predicted molar refractivity (Wildman–Crippen MR) is 72.5 cm³/mol. The average molecular weight is 257 g/mol. The molecule has 5 nitrogen and oxygen atoms in total. The Kier molecular flexibility index (Phi) is 6.05. The molecule has 5 heteroatoms. The third kappa shape index (κ3) is 6.33. The Bertz CT molecular complexity index is 255. The molecular formula is C13H27N3O2. The van der Waals surface area contributed by atoms with Gasteiger partial charge in [0.1, 0.15) is 0 Å². The van der Waals surface area contributed by atoms with E-state index in [1.54, 1.807) is 0 Å². The van der Waals surface area contributed by atoms with Gasteiger partial charge in [-0.2, -0.15) is 0 Å². The molecular weight excluding hydrogens is 230 g/mol. The molecule has 0 saturated carbocycles. The number of rotatable bonds is 6. The second-order valence-electron chi connectivity index (χ2n) is 5.63. The minimum Gasteiger partial charge on any atom is -0.389 e. The highest BCUT2D eigenvalue weighted by Gasteiger charge is 2.22. The van der Waals surface area contributed by atoms with Crippen molar-refractivity contribution in [1.29, 1.82) is 0 Å². The van der Waals surface area contributed by atoms with E-state index in [2.05, 4.69) is 15.1 Å². The van der Waals surface area contributed by atoms with Crippen molar-refractivity contribution in [2.45, 2.75) is 32.8 Å². The summed E-state index contributed by atoms with van der Waals surface area (Å²) in [5.41, 5.74) is -0.622. The first-order chi connectivity index (χ1) is 8.40. The number of piperazine rings is 1. The van der Waals surface area contributed by atoms with E-state index in [1.807, 2.05) is 20.8 Å². The number of carbonyl (C=O) groups excluding carboxylic acids is 1. The van der Waals surface area contributed by atoms with Gasteiger partial charge in [-0.05, 0) is 20.8 Å². The SMILES string of the molecule is CCNC(=O)CCN1CCN(CC(C)(C)O)CC1. The Morgan fingerprint density at radius 3 is 2.28 bits per heavy atom. The average Bonchev–Trinajstić information content (AvgIpc) is 2.26. The number of β-amino-alcohol motifs (C(OH)–C–C–N with tert-alkyl or cyclic N) is 1. The number of carbonyl (C=O) groups is 1. The molecule has 0 aromatic carbocycles. The molecule has 0 atom stereocenters. The fraction of sp³-hybridized carbons (Fsp3) is 0.923. The molecule has 0 aliphatic carbocycles. The van der Waals surface area contributed by atoms with E-state index >= 15 is 0 Å². The highest BCUT2D eigenvalue weighted by molar-refractivity contribution is 5.75. The van der Waals surface area contributed by atoms with Crippen molar-refractivity contribution < 1.29 is 9.90 Å². The molecule has 0 radical (unpaired) electrons. The summed E-state index contributed by atoms with van der Waals surface area (Å²) in [4.78, 5) is 16.0. The van der Waals surface area contributed by atoms with Gasteiger partial charge < -0.3 is 15.3 Å². The zero-order valence-electron chi connectivity index (χ0n) is 11.9. The van der Waals surface area contributed by atoms with Crippen molar-refractivity contribution in [2.24, 2.45) is 0 Å². The van der Waals surface area contributed by atoms with Gasteiger partial charge in [0.15, 0.2) is 0 Å². The Morgan fingerprint density at radius 1 is 1.22 bits per heavy atom. The van der Waals surface area contributed by atoms with Crippen LogP contribution in [0.5, 0.6) is 0 Å². The van der Waals surface area contributed by atoms with Crippen LogP contribution >= 0.6 is 0 Å². The Hall–Kier alpha value is -0.650. The van der Waals surface area contributed by atoms with Gasteiger partial charge in [0.05, 0.1) is 5.60 Å². The van der Waals surface area contributed by atoms with Crippen LogP contribution in [0, 0.1) is 0 Å². The summed E-state index contributed by atoms with van der Waals surface area (Å²) in [6.07, 6.45) is 0.583. The summed E-state index contributed by atoms with van der Waals surface area (Å²) in [5.74, 6) is 0.136. The Balaban J connectivity index is 2.17. The van der Waals surface area contributed by atoms with Gasteiger partial charge in [-0.25, -0.2) is 0 Å². The molecule has 0 spiro atoms. The molecule has 1 rings (SSSR count). The lowest BCUT2D eigenvalue weighted by molar-refractivity contribution is -0.121. The molecule has 0 bridgehead atoms. The number of aliphatic hydroxyl groups is 1. The molecule has 1 aliphatic rings. The van der Waals surface area contributed by atoms with E-state index in [0.29, 0.717) is 13.0 Å². The highest BCUT2D eigenvalue weighted by atomic mass is 16.3. The molecule has 0 aromatic heterocycles. The van der Waals surface area contributed by atoms with Crippen molar-refractivity contribution in [2.75, 3.05) is 45.8 Å². The molecule has 1 heterocycles. The van der Waals surface area contributed by atoms with Gasteiger partial charge in [-0.1, -0.05) is 0 Å². The zero-order valence-corrected chi connectivity index (χ0v) is 11.9. The van der Waals surface area contributed by atoms with Crippen molar-refractivity contribution in [3.63, 3.8) is 0 Å². The Labute approximate surface area is 110 Å². The van der Waals surface area contributed by atoms with Crippen molar-refractivity contribution in [3.05, 3.63) is 0 Å². The van der Waals surface area contributed by atoms with Gasteiger partial charge in [-0.3, -0.25) is 9.69 Å². The predicted octanol–water partition coefficient (Wildman–Crippen LogP) is -0.0989. The van der Waals surface area contributed by atoms with Crippen LogP contribution in [0.3, 0.4) is 0 Å². The molecule has 1 amide bonds. The van der Waals surface area contributed by atoms with Crippen LogP contribution in [0.1, 0.15) is 27.2 Å². The highest BCUT2D eigenvalue weighted by Crippen LogP contribution is 2.08. The first-order valence-electron chi connectivity index (χ1n) is 6.84. The maximum absolute atomic E-state index is 11.4. The van der Waals surface area contributed by atoms with Gasteiger partial charge in [0, 0.05) is 52.2 Å². The molecule has 106 valence electrons. The summed E-state index contributed by atoms with van der Waals surface area (Å²) in [6.45, 7) is 11.8. The molecule has 2 N–H and O–H groups in total. The van der Waals surface area contributed by atoms with Gasteiger partial charge in [0.2, 0.25) is 5.91 Å². The number of hydrogen-bond donors (Lipinski definition) is 2. The normalized spacial score (nSPS) is 18.9. The van der Waals surface area contributed by atoms with Crippen LogP contribution < -0.4 is 5.32 Å². The van der Waals surface area contributed by atoms with Crippen LogP contribution in [-0.4, -0.2) is 72.2 Å². The van der Waals surface area contributed by atoms with Crippen LogP contribution in [0.2, 0.25) is 0 Å². The maximum Gasteiger partial charge on any atom is 0.221 e. The second kappa shape index (κ2) is 7.07. The molecule has 0 unspecified atom stereocenters. The van der Waals surface area contributed by atoms with Crippen molar-refractivity contribution in [3.8, 4) is 0 Å². The largest absolute Gasteiger partial charge is 0.389 e. The number of nitrogens with zero attached hydrogens (tertiary/aromatic N) is 2. The quantitative estimate of drug-likeness (QED) is 0.698. The third-order valence-corrected chi connectivity index (χ3v) is 3.10. The van der Waals surface area contributed by atoms with Crippen molar-refractivity contribution in [1.82, 2.24) is 15.1 Å². The monoisotopic (exact) mass is 257 g/mol. The molecule has 1 aliphatic heterocycles. The second-order valence-corrected chi connectivity index (χ2v) is 5.63. The number of nitrogens with one attached hydrogen (secondary N) is 1. The van der Waals surface area contributed by atoms with E-state index < -0.39 is 5.60 Å². The van der Waals surface area contributed by atoms with Crippen LogP contribution in [0.25, 0.3) is 0 Å². The first kappa shape index (κ1) is 15.4. The number of amides is 1. The van der Waals surface area contributed by atoms with E-state index in [1.165, 1.54) is 0 Å². The van der Waals surface area contributed by atoms with Crippen LogP contribution in [0.4, 0.5) is 0 Å². The van der Waals surface area contributed by atoms with E-state index in [-0.39, 0.29) is 5.91 Å². The lowest BCUT2D eigenvalue weighted by atomic mass is 10.1. The summed E-state index contributed by atoms with van der Waals surface area (Å²) < 4.78 is 0. The summed E-state index contributed by atoms with van der Waals surface area (Å²) in [5, 5.41) is 12.6. The van der Waals surface area contributed by atoms with Crippen LogP contribution in [-0.2, 0) is 4.79 Å². The summed E-state index contributed by atoms with van der Waals surface area (Å²) in [7, 11) is 0. The van der Waals surface area contributed by atoms with E-state index in [9.17, 15) is 9.90 Å². The summed E-state index contributed by atoms with van der Waals surface area (Å²) >= 11 is 0. The van der Waals surface area contributed by atoms with Crippen molar-refractivity contribution >= 4 is 5.91 Å². The lowest BCUT2D eigenvalue weighted by Crippen LogP contribution is -2.50. The minimum absolute atomic E-state index is 0.136. The fourth-order valence-corrected chi connectivity index (χ4v) is 2.26. The first-order valence-corrected chi connectivity index (χ1v) is 6.84. The molecule has 18 heavy (non-hydrogen) atoms. The standard InChI is InChI=1S/C13H27N3O2/c1-4-14-12(17)5-6-15-7-9-16(10-8-15)11-13(2,3)18/h18H,4-11H2,1-3H3,(H,14,17). The minimum atomic E-state index is -0.622. The number of hydrogen-bond acceptors (Lipinski definition) is 4. The molecule has 1 fully saturated rings. The van der Waals surface area contributed by atoms with Gasteiger partial charge >= 0.3 is 0 Å². The zero-order chi connectivity index (χ0) is 13.6. The lowest BCUT2D eigenvalue weighted by Gasteiger charge is -2.37. The molecule has 0 aromatic rings. The smallest absolute Gasteiger partial charge is 0.221 e. The van der Waals surface area contributed by atoms with Gasteiger partial charge in [-0.15, -0.1) is 0 Å². The van der Waals surface area contributed by atoms with Crippen LogP contribution in [0.15, 0.2) is 0 Å². The van der Waals surface area contributed by atoms with Gasteiger partial charge in [0.25, 0.3) is 0 Å². The maximum atomic E-state index is 11.4. The molecule has 1 saturated heterocycles. The third-order valence-electron chi connectivity index (χ3n) is 3.10. The summed E-state index contributed by atoms with van der Waals surface area (Å²) in [6, 6.07) is 0. The topological polar surface area (TPSA) is 55.8 Å².